The number of hydrogen-bond acceptors (Lipinski definition) is 5. The Kier molecular flexibility index (Phi) is 7.15. The Hall–Kier alpha value is -3.62. The summed E-state index contributed by atoms with van der Waals surface area (Å²) < 4.78 is -0.774. The van der Waals surface area contributed by atoms with Crippen LogP contribution in [-0.2, 0) is 20.9 Å². The van der Waals surface area contributed by atoms with Gasteiger partial charge in [0.05, 0.1) is 29.2 Å². The van der Waals surface area contributed by atoms with Crippen LogP contribution in [0.25, 0.3) is 0 Å². The lowest BCUT2D eigenvalue weighted by Crippen LogP contribution is -2.56. The van der Waals surface area contributed by atoms with E-state index in [1.165, 1.54) is 0 Å². The second-order valence-electron chi connectivity index (χ2n) is 11.0. The van der Waals surface area contributed by atoms with Gasteiger partial charge >= 0.3 is 0 Å². The minimum Gasteiger partial charge on any atom is -0.394 e. The van der Waals surface area contributed by atoms with E-state index in [-0.39, 0.29) is 35.5 Å². The van der Waals surface area contributed by atoms with Crippen LogP contribution in [0.1, 0.15) is 30.5 Å². The number of carbonyl (C=O) groups excluding carboxylic acids is 3. The van der Waals surface area contributed by atoms with Gasteiger partial charge in [0.2, 0.25) is 17.7 Å². The molecule has 3 heterocycles. The third kappa shape index (κ3) is 4.30. The largest absolute Gasteiger partial charge is 0.394 e. The van der Waals surface area contributed by atoms with E-state index in [9.17, 15) is 19.5 Å². The van der Waals surface area contributed by atoms with Crippen molar-refractivity contribution in [3.05, 3.63) is 102 Å². The molecule has 3 amide bonds. The summed E-state index contributed by atoms with van der Waals surface area (Å²) in [4.78, 5) is 44.0. The number of fused-ring (bicyclic) bond motifs is 1. The van der Waals surface area contributed by atoms with Gasteiger partial charge in [0.25, 0.3) is 0 Å². The van der Waals surface area contributed by atoms with Crippen molar-refractivity contribution in [1.29, 1.82) is 0 Å². The van der Waals surface area contributed by atoms with Crippen LogP contribution in [0.5, 0.6) is 0 Å². The minimum absolute atomic E-state index is 0.0322. The third-order valence-corrected chi connectivity index (χ3v) is 10.9. The number of hydrogen-bond donors (Lipinski definition) is 3. The molecule has 3 fully saturated rings. The number of rotatable bonds is 8. The Bertz CT molecular complexity index is 1390. The van der Waals surface area contributed by atoms with Gasteiger partial charge in [0.1, 0.15) is 6.04 Å². The number of para-hydroxylation sites is 1. The number of likely N-dealkylation sites (tertiary alicyclic amines) is 1. The highest BCUT2D eigenvalue weighted by atomic mass is 32.2. The van der Waals surface area contributed by atoms with Gasteiger partial charge < -0.3 is 20.6 Å². The highest BCUT2D eigenvalue weighted by Gasteiger charge is 2.76. The van der Waals surface area contributed by atoms with Crippen molar-refractivity contribution >= 4 is 35.2 Å². The average molecular weight is 556 g/mol. The van der Waals surface area contributed by atoms with Crippen molar-refractivity contribution in [1.82, 2.24) is 10.2 Å². The predicted octanol–water partition coefficient (Wildman–Crippen LogP) is 4.01. The van der Waals surface area contributed by atoms with Crippen LogP contribution < -0.4 is 10.6 Å². The molecule has 3 saturated heterocycles. The van der Waals surface area contributed by atoms with E-state index in [4.69, 9.17) is 0 Å². The smallest absolute Gasteiger partial charge is 0.244 e. The van der Waals surface area contributed by atoms with Crippen molar-refractivity contribution < 1.29 is 19.5 Å². The zero-order valence-electron chi connectivity index (χ0n) is 22.3. The molecule has 0 aliphatic carbocycles. The molecule has 0 saturated carbocycles. The number of benzene rings is 3. The first-order chi connectivity index (χ1) is 19.5. The molecule has 3 aliphatic heterocycles. The normalized spacial score (nSPS) is 29.2. The van der Waals surface area contributed by atoms with Crippen molar-refractivity contribution in [2.45, 2.75) is 42.0 Å². The molecular formula is C32H33N3O4S. The lowest BCUT2D eigenvalue weighted by molar-refractivity contribution is -0.142. The fourth-order valence-electron chi connectivity index (χ4n) is 7.05. The van der Waals surface area contributed by atoms with E-state index in [2.05, 4.69) is 17.6 Å². The second kappa shape index (κ2) is 10.7. The summed E-state index contributed by atoms with van der Waals surface area (Å²) in [5.41, 5.74) is 2.39. The van der Waals surface area contributed by atoms with Gasteiger partial charge in [-0.2, -0.15) is 0 Å². The van der Waals surface area contributed by atoms with Crippen LogP contribution >= 0.6 is 11.8 Å². The third-order valence-electron chi connectivity index (χ3n) is 8.78. The molecule has 8 heteroatoms. The van der Waals surface area contributed by atoms with Crippen LogP contribution in [-0.4, -0.2) is 50.4 Å². The molecule has 3 N–H and O–H groups in total. The molecule has 40 heavy (non-hydrogen) atoms. The molecule has 0 aromatic heterocycles. The van der Waals surface area contributed by atoms with E-state index in [1.807, 2.05) is 91.0 Å². The summed E-state index contributed by atoms with van der Waals surface area (Å²) in [7, 11) is 0. The number of anilines is 1. The van der Waals surface area contributed by atoms with Gasteiger partial charge in [-0.25, -0.2) is 0 Å². The summed E-state index contributed by atoms with van der Waals surface area (Å²) in [6.45, 7) is 2.09. The summed E-state index contributed by atoms with van der Waals surface area (Å²) in [6.07, 6.45) is 0.743. The van der Waals surface area contributed by atoms with Crippen LogP contribution in [0.4, 0.5) is 5.69 Å². The highest BCUT2D eigenvalue weighted by Crippen LogP contribution is 2.69. The molecule has 3 aliphatic rings. The molecule has 3 unspecified atom stereocenters. The molecule has 206 valence electrons. The summed E-state index contributed by atoms with van der Waals surface area (Å²) in [6, 6.07) is 26.7. The first-order valence-corrected chi connectivity index (χ1v) is 14.7. The molecule has 3 aromatic carbocycles. The van der Waals surface area contributed by atoms with E-state index in [0.717, 1.165) is 17.5 Å². The highest BCUT2D eigenvalue weighted by molar-refractivity contribution is 8.02. The number of aliphatic hydroxyl groups is 1. The van der Waals surface area contributed by atoms with Crippen molar-refractivity contribution in [3.63, 3.8) is 0 Å². The van der Waals surface area contributed by atoms with Gasteiger partial charge in [-0.1, -0.05) is 85.8 Å². The molecule has 6 rings (SSSR count). The standard InChI is InChI=1S/C32H33N3O4S/c1-20-17-25-26(29(37)34-23-15-9-4-10-16-23)27-31(39)35(24(19-36)22-13-7-3-8-14-22)28(32(20,27)40-25)30(38)33-18-21-11-5-2-6-12-21/h2-16,20,24-28,36H,17-19H2,1H3,(H,33,38)(H,34,37)/t20?,24-,25-,26+,27+,28?,32?/m1/s1. The topological polar surface area (TPSA) is 98.7 Å². The monoisotopic (exact) mass is 555 g/mol. The number of nitrogens with zero attached hydrogens (tertiary/aromatic N) is 1. The van der Waals surface area contributed by atoms with Crippen LogP contribution in [0, 0.1) is 17.8 Å². The number of amides is 3. The Morgan fingerprint density at radius 3 is 2.25 bits per heavy atom. The van der Waals surface area contributed by atoms with E-state index in [1.54, 1.807) is 16.7 Å². The molecule has 3 aromatic rings. The number of aliphatic hydroxyl groups excluding tert-OH is 1. The summed E-state index contributed by atoms with van der Waals surface area (Å²) >= 11 is 1.63. The minimum atomic E-state index is -0.828. The first kappa shape index (κ1) is 26.6. The zero-order valence-corrected chi connectivity index (χ0v) is 23.1. The van der Waals surface area contributed by atoms with Crippen molar-refractivity contribution in [3.8, 4) is 0 Å². The maximum atomic E-state index is 14.5. The van der Waals surface area contributed by atoms with Crippen molar-refractivity contribution in [2.24, 2.45) is 17.8 Å². The van der Waals surface area contributed by atoms with Gasteiger partial charge in [0, 0.05) is 17.5 Å². The van der Waals surface area contributed by atoms with Gasteiger partial charge in [-0.05, 0) is 35.6 Å². The molecule has 2 bridgehead atoms. The Labute approximate surface area is 238 Å². The zero-order chi connectivity index (χ0) is 27.9. The molecule has 7 atom stereocenters. The van der Waals surface area contributed by atoms with Crippen LogP contribution in [0.3, 0.4) is 0 Å². The van der Waals surface area contributed by atoms with Gasteiger partial charge in [0.15, 0.2) is 0 Å². The second-order valence-corrected chi connectivity index (χ2v) is 12.5. The van der Waals surface area contributed by atoms with Crippen LogP contribution in [0.2, 0.25) is 0 Å². The Balaban J connectivity index is 1.39. The van der Waals surface area contributed by atoms with Gasteiger partial charge in [-0.15, -0.1) is 11.8 Å². The fourth-order valence-corrected chi connectivity index (χ4v) is 9.46. The number of nitrogens with one attached hydrogen (secondary N) is 2. The number of thioether (sulfide) groups is 1. The molecule has 0 radical (unpaired) electrons. The first-order valence-electron chi connectivity index (χ1n) is 13.8. The van der Waals surface area contributed by atoms with Crippen LogP contribution in [0.15, 0.2) is 91.0 Å². The number of carbonyl (C=O) groups is 3. The average Bonchev–Trinajstić information content (AvgIpc) is 3.58. The van der Waals surface area contributed by atoms with Gasteiger partial charge in [-0.3, -0.25) is 14.4 Å². The Morgan fingerprint density at radius 2 is 1.60 bits per heavy atom. The predicted molar refractivity (Wildman–Crippen MR) is 155 cm³/mol. The maximum absolute atomic E-state index is 14.5. The lowest BCUT2D eigenvalue weighted by atomic mass is 9.66. The van der Waals surface area contributed by atoms with Crippen molar-refractivity contribution in [2.75, 3.05) is 11.9 Å². The fraction of sp³-hybridized carbons (Fsp3) is 0.344. The lowest BCUT2D eigenvalue weighted by Gasteiger charge is -2.40. The molecule has 7 nitrogen and oxygen atoms in total. The van der Waals surface area contributed by atoms with E-state index < -0.39 is 28.7 Å². The maximum Gasteiger partial charge on any atom is 0.244 e. The molecule has 1 spiro atoms. The Morgan fingerprint density at radius 1 is 0.975 bits per heavy atom. The summed E-state index contributed by atoms with van der Waals surface area (Å²) in [5, 5.41) is 16.7. The SMILES string of the molecule is CC1C[C@H]2SC13C(C(=O)NCc1ccccc1)N([C@H](CO)c1ccccc1)C(=O)[C@@H]3[C@H]2C(=O)Nc1ccccc1. The quantitative estimate of drug-likeness (QED) is 0.390. The molecular weight excluding hydrogens is 522 g/mol. The van der Waals surface area contributed by atoms with E-state index in [0.29, 0.717) is 12.2 Å². The van der Waals surface area contributed by atoms with E-state index >= 15 is 0 Å². The summed E-state index contributed by atoms with van der Waals surface area (Å²) in [5.74, 6) is -1.89.